The lowest BCUT2D eigenvalue weighted by Gasteiger charge is -2.10. The first-order valence-corrected chi connectivity index (χ1v) is 11.0. The van der Waals surface area contributed by atoms with E-state index in [1.165, 1.54) is 12.1 Å². The van der Waals surface area contributed by atoms with Crippen LogP contribution in [-0.4, -0.2) is 23.9 Å². The Kier molecular flexibility index (Phi) is 5.81. The molecule has 0 aliphatic carbocycles. The second-order valence-electron chi connectivity index (χ2n) is 6.81. The minimum Gasteiger partial charge on any atom is -0.348 e. The highest BCUT2D eigenvalue weighted by molar-refractivity contribution is 7.92. The molecule has 1 heterocycles. The van der Waals surface area contributed by atoms with E-state index in [9.17, 15) is 13.2 Å². The molecule has 0 saturated heterocycles. The van der Waals surface area contributed by atoms with Gasteiger partial charge in [0, 0.05) is 35.9 Å². The third-order valence-corrected chi connectivity index (χ3v) is 6.04. The van der Waals surface area contributed by atoms with E-state index in [0.717, 1.165) is 11.3 Å². The molecule has 0 bridgehead atoms. The molecule has 0 atom stereocenters. The monoisotopic (exact) mass is 432 g/mol. The minimum absolute atomic E-state index is 0.177. The number of benzene rings is 3. The summed E-state index contributed by atoms with van der Waals surface area (Å²) in [6, 6.07) is 22.2. The van der Waals surface area contributed by atoms with Gasteiger partial charge < -0.3 is 9.88 Å². The fraction of sp³-hybridized carbons (Fsp3) is 0.0435. The molecule has 0 spiro atoms. The van der Waals surface area contributed by atoms with Gasteiger partial charge in [0.1, 0.15) is 0 Å². The molecule has 0 aliphatic rings. The highest BCUT2D eigenvalue weighted by Crippen LogP contribution is 2.16. The van der Waals surface area contributed by atoms with Crippen LogP contribution < -0.4 is 10.0 Å². The molecule has 7 nitrogen and oxygen atoms in total. The molecule has 2 N–H and O–H groups in total. The van der Waals surface area contributed by atoms with Crippen molar-refractivity contribution in [3.05, 3.63) is 109 Å². The molecule has 0 saturated carbocycles. The number of hydrogen-bond donors (Lipinski definition) is 2. The van der Waals surface area contributed by atoms with Crippen molar-refractivity contribution in [3.63, 3.8) is 0 Å². The molecule has 31 heavy (non-hydrogen) atoms. The standard InChI is InChI=1S/C23H20N4O3S/c28-23(25-16-18-6-12-21(13-7-18)27-15-14-24-17-27)19-8-10-20(11-9-19)26-31(29,30)22-4-2-1-3-5-22/h1-15,17,26H,16H2,(H,25,28). The van der Waals surface area contributed by atoms with Gasteiger partial charge >= 0.3 is 0 Å². The third-order valence-electron chi connectivity index (χ3n) is 4.64. The zero-order valence-corrected chi connectivity index (χ0v) is 17.3. The van der Waals surface area contributed by atoms with Crippen LogP contribution in [0.15, 0.2) is 102 Å². The smallest absolute Gasteiger partial charge is 0.261 e. The van der Waals surface area contributed by atoms with Gasteiger partial charge in [-0.3, -0.25) is 9.52 Å². The molecular weight excluding hydrogens is 412 g/mol. The third kappa shape index (κ3) is 4.99. The molecule has 4 rings (SSSR count). The lowest BCUT2D eigenvalue weighted by molar-refractivity contribution is 0.0951. The predicted molar refractivity (Wildman–Crippen MR) is 118 cm³/mol. The molecule has 1 aromatic heterocycles. The number of amides is 1. The number of sulfonamides is 1. The van der Waals surface area contributed by atoms with Gasteiger partial charge in [-0.25, -0.2) is 13.4 Å². The van der Waals surface area contributed by atoms with Crippen LogP contribution in [0.5, 0.6) is 0 Å². The first kappa shape index (κ1) is 20.4. The quantitative estimate of drug-likeness (QED) is 0.467. The molecule has 0 aliphatic heterocycles. The van der Waals surface area contributed by atoms with E-state index in [-0.39, 0.29) is 10.8 Å². The van der Waals surface area contributed by atoms with Gasteiger partial charge in [0.05, 0.1) is 11.2 Å². The van der Waals surface area contributed by atoms with Gasteiger partial charge in [0.25, 0.3) is 15.9 Å². The normalized spacial score (nSPS) is 11.1. The van der Waals surface area contributed by atoms with Gasteiger partial charge in [0.15, 0.2) is 0 Å². The molecule has 0 fully saturated rings. The number of imidazole rings is 1. The Morgan fingerprint density at radius 3 is 2.26 bits per heavy atom. The molecule has 0 radical (unpaired) electrons. The van der Waals surface area contributed by atoms with E-state index >= 15 is 0 Å². The van der Waals surface area contributed by atoms with Crippen LogP contribution in [0.25, 0.3) is 5.69 Å². The van der Waals surface area contributed by atoms with E-state index in [0.29, 0.717) is 17.8 Å². The van der Waals surface area contributed by atoms with Crippen LogP contribution in [0.2, 0.25) is 0 Å². The van der Waals surface area contributed by atoms with E-state index in [1.54, 1.807) is 55.0 Å². The summed E-state index contributed by atoms with van der Waals surface area (Å²) in [5.41, 5.74) is 2.78. The number of carbonyl (C=O) groups excluding carboxylic acids is 1. The van der Waals surface area contributed by atoms with Crippen LogP contribution in [0.1, 0.15) is 15.9 Å². The molecule has 1 amide bonds. The number of carbonyl (C=O) groups is 1. The molecule has 4 aromatic rings. The highest BCUT2D eigenvalue weighted by atomic mass is 32.2. The Hall–Kier alpha value is -3.91. The Labute approximate surface area is 180 Å². The van der Waals surface area contributed by atoms with Crippen molar-refractivity contribution in [2.75, 3.05) is 4.72 Å². The Morgan fingerprint density at radius 2 is 1.61 bits per heavy atom. The van der Waals surface area contributed by atoms with Crippen molar-refractivity contribution in [3.8, 4) is 5.69 Å². The maximum absolute atomic E-state index is 12.4. The zero-order chi connectivity index (χ0) is 21.7. The Bertz CT molecular complexity index is 1250. The first-order valence-electron chi connectivity index (χ1n) is 9.55. The second-order valence-corrected chi connectivity index (χ2v) is 8.50. The van der Waals surface area contributed by atoms with E-state index < -0.39 is 10.0 Å². The fourth-order valence-electron chi connectivity index (χ4n) is 2.99. The fourth-order valence-corrected chi connectivity index (χ4v) is 4.07. The lowest BCUT2D eigenvalue weighted by atomic mass is 10.1. The van der Waals surface area contributed by atoms with Gasteiger partial charge in [-0.1, -0.05) is 30.3 Å². The van der Waals surface area contributed by atoms with Crippen LogP contribution in [-0.2, 0) is 16.6 Å². The first-order chi connectivity index (χ1) is 15.0. The molecule has 0 unspecified atom stereocenters. The van der Waals surface area contributed by atoms with Crippen LogP contribution in [0.3, 0.4) is 0 Å². The molecular formula is C23H20N4O3S. The van der Waals surface area contributed by atoms with Gasteiger partial charge in [-0.15, -0.1) is 0 Å². The summed E-state index contributed by atoms with van der Waals surface area (Å²) in [5.74, 6) is -0.240. The van der Waals surface area contributed by atoms with Crippen molar-refractivity contribution in [1.82, 2.24) is 14.9 Å². The summed E-state index contributed by atoms with van der Waals surface area (Å²) in [6.07, 6.45) is 5.30. The zero-order valence-electron chi connectivity index (χ0n) is 16.5. The molecule has 156 valence electrons. The maximum Gasteiger partial charge on any atom is 0.261 e. The lowest BCUT2D eigenvalue weighted by Crippen LogP contribution is -2.22. The van der Waals surface area contributed by atoms with Crippen LogP contribution >= 0.6 is 0 Å². The van der Waals surface area contributed by atoms with Crippen molar-refractivity contribution in [2.45, 2.75) is 11.4 Å². The number of nitrogens with zero attached hydrogens (tertiary/aromatic N) is 2. The van der Waals surface area contributed by atoms with Crippen LogP contribution in [0, 0.1) is 0 Å². The predicted octanol–water partition coefficient (Wildman–Crippen LogP) is 3.60. The summed E-state index contributed by atoms with van der Waals surface area (Å²) in [6.45, 7) is 0.380. The number of rotatable bonds is 7. The number of nitrogens with one attached hydrogen (secondary N) is 2. The average molecular weight is 433 g/mol. The van der Waals surface area contributed by atoms with Crippen LogP contribution in [0.4, 0.5) is 5.69 Å². The van der Waals surface area contributed by atoms with E-state index in [4.69, 9.17) is 0 Å². The van der Waals surface area contributed by atoms with Crippen molar-refractivity contribution in [2.24, 2.45) is 0 Å². The molecule has 8 heteroatoms. The summed E-state index contributed by atoms with van der Waals surface area (Å²) in [5, 5.41) is 2.87. The average Bonchev–Trinajstić information content (AvgIpc) is 3.34. The number of anilines is 1. The van der Waals surface area contributed by atoms with Crippen molar-refractivity contribution in [1.29, 1.82) is 0 Å². The summed E-state index contributed by atoms with van der Waals surface area (Å²) in [7, 11) is -3.67. The summed E-state index contributed by atoms with van der Waals surface area (Å²) < 4.78 is 29.2. The van der Waals surface area contributed by atoms with E-state index in [2.05, 4.69) is 15.0 Å². The summed E-state index contributed by atoms with van der Waals surface area (Å²) in [4.78, 5) is 16.6. The number of hydrogen-bond acceptors (Lipinski definition) is 4. The van der Waals surface area contributed by atoms with Crippen molar-refractivity contribution < 1.29 is 13.2 Å². The van der Waals surface area contributed by atoms with Gasteiger partial charge in [0.2, 0.25) is 0 Å². The van der Waals surface area contributed by atoms with Crippen molar-refractivity contribution >= 4 is 21.6 Å². The van der Waals surface area contributed by atoms with Gasteiger partial charge in [-0.2, -0.15) is 0 Å². The second kappa shape index (κ2) is 8.85. The molecule has 3 aromatic carbocycles. The van der Waals surface area contributed by atoms with Gasteiger partial charge in [-0.05, 0) is 54.1 Å². The Balaban J connectivity index is 1.35. The SMILES string of the molecule is O=C(NCc1ccc(-n2ccnc2)cc1)c1ccc(NS(=O)(=O)c2ccccc2)cc1. The topological polar surface area (TPSA) is 93.1 Å². The minimum atomic E-state index is -3.67. The summed E-state index contributed by atoms with van der Waals surface area (Å²) >= 11 is 0. The van der Waals surface area contributed by atoms with E-state index in [1.807, 2.05) is 35.0 Å². The Morgan fingerprint density at radius 1 is 0.903 bits per heavy atom. The highest BCUT2D eigenvalue weighted by Gasteiger charge is 2.14. The number of aromatic nitrogens is 2. The largest absolute Gasteiger partial charge is 0.348 e. The maximum atomic E-state index is 12.4.